The summed E-state index contributed by atoms with van der Waals surface area (Å²) in [6, 6.07) is 15.3. The van der Waals surface area contributed by atoms with Gasteiger partial charge in [0.1, 0.15) is 17.8 Å². The van der Waals surface area contributed by atoms with Crippen LogP contribution in [0.3, 0.4) is 0 Å². The number of aromatic amines is 1. The zero-order valence-electron chi connectivity index (χ0n) is 18.0. The van der Waals surface area contributed by atoms with Crippen LogP contribution in [0.5, 0.6) is 5.75 Å². The lowest BCUT2D eigenvalue weighted by Gasteiger charge is -2.25. The van der Waals surface area contributed by atoms with Crippen LogP contribution in [0.15, 0.2) is 54.6 Å². The average Bonchev–Trinajstić information content (AvgIpc) is 3.32. The van der Waals surface area contributed by atoms with Crippen molar-refractivity contribution in [1.82, 2.24) is 30.5 Å². The summed E-state index contributed by atoms with van der Waals surface area (Å²) in [5, 5.41) is 10.3. The maximum atomic E-state index is 13.2. The molecule has 0 spiro atoms. The number of nitrogens with one attached hydrogen (secondary N) is 3. The molecule has 2 aromatic carbocycles. The van der Waals surface area contributed by atoms with E-state index in [0.717, 1.165) is 5.01 Å². The highest BCUT2D eigenvalue weighted by Crippen LogP contribution is 2.31. The number of hydrogen-bond acceptors (Lipinski definition) is 6. The Morgan fingerprint density at radius 1 is 1.15 bits per heavy atom. The van der Waals surface area contributed by atoms with E-state index < -0.39 is 23.4 Å². The van der Waals surface area contributed by atoms with E-state index in [9.17, 15) is 14.4 Å². The number of urea groups is 1. The lowest BCUT2D eigenvalue weighted by Crippen LogP contribution is -2.49. The van der Waals surface area contributed by atoms with E-state index in [2.05, 4.69) is 20.9 Å². The van der Waals surface area contributed by atoms with Crippen molar-refractivity contribution >= 4 is 30.1 Å². The maximum absolute atomic E-state index is 13.2. The fourth-order valence-electron chi connectivity index (χ4n) is 3.77. The standard InChI is InChI=1S/C22H22N6O4S/c1-3-22(15-7-5-4-6-8-15)19(30)28(20(31)23-22)26-17(29)13-27-18(24-25-21(27)33)14-9-11-16(32-2)12-10-14/h4-12H,3,13H2,1-2H3,(H,23,31)(H,25,33)(H,26,29). The summed E-state index contributed by atoms with van der Waals surface area (Å²) in [6.07, 6.45) is 0.322. The molecule has 33 heavy (non-hydrogen) atoms. The van der Waals surface area contributed by atoms with Gasteiger partial charge in [0.25, 0.3) is 11.8 Å². The zero-order valence-corrected chi connectivity index (χ0v) is 18.8. The van der Waals surface area contributed by atoms with E-state index >= 15 is 0 Å². The molecule has 1 aromatic heterocycles. The average molecular weight is 467 g/mol. The lowest BCUT2D eigenvalue weighted by atomic mass is 9.87. The molecule has 1 atom stereocenters. The molecule has 3 N–H and O–H groups in total. The SMILES string of the molecule is CCC1(c2ccccc2)NC(=O)N(NC(=O)Cn2c(-c3ccc(OC)cc3)n[nH]c2=S)C1=O. The molecule has 1 aliphatic heterocycles. The Balaban J connectivity index is 1.54. The number of amides is 4. The van der Waals surface area contributed by atoms with Gasteiger partial charge in [-0.15, -0.1) is 0 Å². The second-order valence-electron chi connectivity index (χ2n) is 7.40. The van der Waals surface area contributed by atoms with Crippen LogP contribution in [0.4, 0.5) is 4.79 Å². The Labute approximate surface area is 194 Å². The molecule has 4 rings (SSSR count). The molecule has 1 saturated heterocycles. The number of rotatable bonds is 7. The van der Waals surface area contributed by atoms with Gasteiger partial charge in [-0.2, -0.15) is 10.1 Å². The Morgan fingerprint density at radius 3 is 2.48 bits per heavy atom. The minimum Gasteiger partial charge on any atom is -0.497 e. The first-order chi connectivity index (χ1) is 15.9. The number of nitrogens with zero attached hydrogens (tertiary/aromatic N) is 3. The van der Waals surface area contributed by atoms with Gasteiger partial charge in [0.05, 0.1) is 7.11 Å². The number of carbonyl (C=O) groups is 3. The van der Waals surface area contributed by atoms with Crippen LogP contribution in [0.2, 0.25) is 0 Å². The lowest BCUT2D eigenvalue weighted by molar-refractivity contribution is -0.139. The predicted molar refractivity (Wildman–Crippen MR) is 121 cm³/mol. The normalized spacial score (nSPS) is 17.7. The minimum atomic E-state index is -1.24. The third kappa shape index (κ3) is 3.98. The molecule has 4 amide bonds. The quantitative estimate of drug-likeness (QED) is 0.363. The molecule has 10 nitrogen and oxygen atoms in total. The molecule has 1 aliphatic rings. The number of carbonyl (C=O) groups excluding carboxylic acids is 3. The maximum Gasteiger partial charge on any atom is 0.344 e. The number of hydrogen-bond donors (Lipinski definition) is 3. The monoisotopic (exact) mass is 466 g/mol. The number of H-pyrrole nitrogens is 1. The van der Waals surface area contributed by atoms with E-state index in [0.29, 0.717) is 29.1 Å². The molecular weight excluding hydrogens is 444 g/mol. The number of imide groups is 1. The highest BCUT2D eigenvalue weighted by atomic mass is 32.1. The molecule has 2 heterocycles. The van der Waals surface area contributed by atoms with E-state index in [1.807, 2.05) is 6.07 Å². The fourth-order valence-corrected chi connectivity index (χ4v) is 3.96. The fraction of sp³-hybridized carbons (Fsp3) is 0.227. The van der Waals surface area contributed by atoms with E-state index in [1.54, 1.807) is 62.6 Å². The summed E-state index contributed by atoms with van der Waals surface area (Å²) in [6.45, 7) is 1.54. The first-order valence-corrected chi connectivity index (χ1v) is 10.6. The van der Waals surface area contributed by atoms with Crippen LogP contribution in [0.1, 0.15) is 18.9 Å². The van der Waals surface area contributed by atoms with Gasteiger partial charge in [-0.3, -0.25) is 24.7 Å². The van der Waals surface area contributed by atoms with Crippen molar-refractivity contribution in [2.45, 2.75) is 25.4 Å². The van der Waals surface area contributed by atoms with E-state index in [-0.39, 0.29) is 11.3 Å². The summed E-state index contributed by atoms with van der Waals surface area (Å²) >= 11 is 5.27. The molecular formula is C22H22N6O4S. The first kappa shape index (κ1) is 22.2. The van der Waals surface area contributed by atoms with Crippen LogP contribution < -0.4 is 15.5 Å². The van der Waals surface area contributed by atoms with Crippen molar-refractivity contribution in [1.29, 1.82) is 0 Å². The molecule has 0 radical (unpaired) electrons. The van der Waals surface area contributed by atoms with Crippen molar-refractivity contribution in [3.05, 3.63) is 64.9 Å². The Hall–Kier alpha value is -3.99. The van der Waals surface area contributed by atoms with Crippen molar-refractivity contribution in [3.63, 3.8) is 0 Å². The second-order valence-corrected chi connectivity index (χ2v) is 7.78. The van der Waals surface area contributed by atoms with Gasteiger partial charge in [-0.05, 0) is 48.5 Å². The van der Waals surface area contributed by atoms with Gasteiger partial charge in [0, 0.05) is 5.56 Å². The third-order valence-corrected chi connectivity index (χ3v) is 5.84. The molecule has 0 bridgehead atoms. The second kappa shape index (κ2) is 8.87. The summed E-state index contributed by atoms with van der Waals surface area (Å²) in [7, 11) is 1.57. The van der Waals surface area contributed by atoms with Crippen molar-refractivity contribution in [2.24, 2.45) is 0 Å². The summed E-state index contributed by atoms with van der Waals surface area (Å²) in [5.74, 6) is -0.0535. The molecule has 170 valence electrons. The highest BCUT2D eigenvalue weighted by Gasteiger charge is 2.52. The molecule has 1 unspecified atom stereocenters. The van der Waals surface area contributed by atoms with Crippen LogP contribution in [-0.2, 0) is 21.7 Å². The third-order valence-electron chi connectivity index (χ3n) is 5.53. The molecule has 1 fully saturated rings. The summed E-state index contributed by atoms with van der Waals surface area (Å²) in [5.41, 5.74) is 2.51. The first-order valence-electron chi connectivity index (χ1n) is 10.2. The molecule has 0 saturated carbocycles. The Morgan fingerprint density at radius 2 is 1.85 bits per heavy atom. The number of ether oxygens (including phenoxy) is 1. The van der Waals surface area contributed by atoms with E-state index in [1.165, 1.54) is 4.57 Å². The molecule has 11 heteroatoms. The topological polar surface area (TPSA) is 121 Å². The summed E-state index contributed by atoms with van der Waals surface area (Å²) in [4.78, 5) is 38.6. The van der Waals surface area contributed by atoms with Gasteiger partial charge < -0.3 is 10.1 Å². The Kier molecular flexibility index (Phi) is 5.97. The van der Waals surface area contributed by atoms with Gasteiger partial charge in [-0.1, -0.05) is 37.3 Å². The predicted octanol–water partition coefficient (Wildman–Crippen LogP) is 2.50. The van der Waals surface area contributed by atoms with Gasteiger partial charge in [0.15, 0.2) is 10.6 Å². The zero-order chi connectivity index (χ0) is 23.6. The van der Waals surface area contributed by atoms with Crippen LogP contribution in [0.25, 0.3) is 11.4 Å². The number of aromatic nitrogens is 3. The highest BCUT2D eigenvalue weighted by molar-refractivity contribution is 7.71. The van der Waals surface area contributed by atoms with Crippen molar-refractivity contribution in [2.75, 3.05) is 7.11 Å². The van der Waals surface area contributed by atoms with Crippen LogP contribution in [-0.4, -0.2) is 44.7 Å². The number of benzene rings is 2. The van der Waals surface area contributed by atoms with Crippen LogP contribution >= 0.6 is 12.2 Å². The number of hydrazine groups is 1. The summed E-state index contributed by atoms with van der Waals surface area (Å²) < 4.78 is 6.87. The number of methoxy groups -OCH3 is 1. The Bertz CT molecular complexity index is 1250. The van der Waals surface area contributed by atoms with Gasteiger partial charge >= 0.3 is 6.03 Å². The molecule has 0 aliphatic carbocycles. The van der Waals surface area contributed by atoms with Gasteiger partial charge in [0.2, 0.25) is 0 Å². The smallest absolute Gasteiger partial charge is 0.344 e. The van der Waals surface area contributed by atoms with E-state index in [4.69, 9.17) is 17.0 Å². The van der Waals surface area contributed by atoms with Crippen LogP contribution in [0, 0.1) is 4.77 Å². The minimum absolute atomic E-state index is 0.223. The molecule has 3 aromatic rings. The van der Waals surface area contributed by atoms with Crippen molar-refractivity contribution < 1.29 is 19.1 Å². The largest absolute Gasteiger partial charge is 0.497 e. The van der Waals surface area contributed by atoms with Crippen molar-refractivity contribution in [3.8, 4) is 17.1 Å². The van der Waals surface area contributed by atoms with Gasteiger partial charge in [-0.25, -0.2) is 4.79 Å².